The van der Waals surface area contributed by atoms with E-state index in [-0.39, 0.29) is 11.4 Å². The molecule has 0 spiro atoms. The summed E-state index contributed by atoms with van der Waals surface area (Å²) in [6.45, 7) is 8.59. The third-order valence-corrected chi connectivity index (χ3v) is 5.37. The van der Waals surface area contributed by atoms with Crippen LogP contribution in [0.4, 0.5) is 0 Å². The minimum Gasteiger partial charge on any atom is -0.351 e. The summed E-state index contributed by atoms with van der Waals surface area (Å²) in [6.07, 6.45) is 22.2. The molecule has 1 N–H and O–H groups in total. The first kappa shape index (κ1) is 24.5. The number of carbonyl (C=O) groups is 1. The number of hydrogen-bond donors (Lipinski definition) is 1. The highest BCUT2D eigenvalue weighted by Crippen LogP contribution is 2.14. The summed E-state index contributed by atoms with van der Waals surface area (Å²) < 4.78 is 0. The second-order valence-corrected chi connectivity index (χ2v) is 8.49. The molecule has 0 heterocycles. The van der Waals surface area contributed by atoms with E-state index in [0.717, 1.165) is 12.8 Å². The van der Waals surface area contributed by atoms with Crippen LogP contribution in [0.5, 0.6) is 0 Å². The van der Waals surface area contributed by atoms with Gasteiger partial charge in [0.1, 0.15) is 0 Å². The van der Waals surface area contributed by atoms with Crippen LogP contribution in [0.25, 0.3) is 0 Å². The molecule has 0 atom stereocenters. The maximum atomic E-state index is 11.8. The maximum absolute atomic E-state index is 11.8. The monoisotopic (exact) mass is 353 g/mol. The average Bonchev–Trinajstić information content (AvgIpc) is 2.58. The van der Waals surface area contributed by atoms with Gasteiger partial charge in [0.05, 0.1) is 0 Å². The Morgan fingerprint density at radius 3 is 1.36 bits per heavy atom. The standard InChI is InChI=1S/C23H47NO/c1-5-7-8-9-10-11-12-13-14-15-16-17-18-19-20-21-22(25)24-23(3,4)6-2/h5-21H2,1-4H3,(H,24,25). The van der Waals surface area contributed by atoms with Gasteiger partial charge in [-0.25, -0.2) is 0 Å². The first-order valence-corrected chi connectivity index (χ1v) is 11.3. The van der Waals surface area contributed by atoms with Crippen molar-refractivity contribution in [3.8, 4) is 0 Å². The molecule has 0 unspecified atom stereocenters. The van der Waals surface area contributed by atoms with E-state index in [2.05, 4.69) is 33.0 Å². The third kappa shape index (κ3) is 18.1. The Hall–Kier alpha value is -0.530. The van der Waals surface area contributed by atoms with Gasteiger partial charge in [0.15, 0.2) is 0 Å². The van der Waals surface area contributed by atoms with Crippen LogP contribution in [0.3, 0.4) is 0 Å². The summed E-state index contributed by atoms with van der Waals surface area (Å²) in [5.41, 5.74) is -0.0490. The molecule has 2 heteroatoms. The number of carbonyl (C=O) groups excluding carboxylic acids is 1. The first-order valence-electron chi connectivity index (χ1n) is 11.3. The van der Waals surface area contributed by atoms with Crippen LogP contribution >= 0.6 is 0 Å². The molecule has 0 bridgehead atoms. The summed E-state index contributed by atoms with van der Waals surface area (Å²) in [7, 11) is 0. The van der Waals surface area contributed by atoms with Gasteiger partial charge in [0, 0.05) is 12.0 Å². The Morgan fingerprint density at radius 2 is 1.00 bits per heavy atom. The van der Waals surface area contributed by atoms with Crippen LogP contribution in [-0.2, 0) is 4.79 Å². The largest absolute Gasteiger partial charge is 0.351 e. The van der Waals surface area contributed by atoms with Crippen molar-refractivity contribution < 1.29 is 4.79 Å². The first-order chi connectivity index (χ1) is 12.0. The van der Waals surface area contributed by atoms with Crippen molar-refractivity contribution in [2.24, 2.45) is 0 Å². The van der Waals surface area contributed by atoms with Crippen LogP contribution in [-0.4, -0.2) is 11.4 Å². The maximum Gasteiger partial charge on any atom is 0.220 e. The second-order valence-electron chi connectivity index (χ2n) is 8.49. The fourth-order valence-electron chi connectivity index (χ4n) is 3.19. The molecule has 0 rings (SSSR count). The third-order valence-electron chi connectivity index (χ3n) is 5.37. The Bertz CT molecular complexity index is 298. The van der Waals surface area contributed by atoms with Gasteiger partial charge in [-0.1, -0.05) is 104 Å². The van der Waals surface area contributed by atoms with Crippen molar-refractivity contribution in [3.05, 3.63) is 0 Å². The molecule has 0 aromatic rings. The number of unbranched alkanes of at least 4 members (excludes halogenated alkanes) is 14. The molecule has 0 saturated carbocycles. The SMILES string of the molecule is CCCCCCCCCCCCCCCCCC(=O)NC(C)(C)CC. The number of hydrogen-bond acceptors (Lipinski definition) is 1. The Balaban J connectivity index is 3.20. The van der Waals surface area contributed by atoms with E-state index in [1.54, 1.807) is 0 Å². The lowest BCUT2D eigenvalue weighted by Gasteiger charge is -2.24. The van der Waals surface area contributed by atoms with Crippen molar-refractivity contribution in [2.45, 2.75) is 142 Å². The predicted octanol–water partition coefficient (Wildman–Crippen LogP) is 7.55. The van der Waals surface area contributed by atoms with E-state index >= 15 is 0 Å². The molecule has 0 fully saturated rings. The number of rotatable bonds is 18. The van der Waals surface area contributed by atoms with E-state index in [4.69, 9.17) is 0 Å². The van der Waals surface area contributed by atoms with Crippen LogP contribution in [0.2, 0.25) is 0 Å². The number of nitrogens with one attached hydrogen (secondary N) is 1. The Kier molecular flexibility index (Phi) is 16.6. The van der Waals surface area contributed by atoms with Crippen molar-refractivity contribution in [1.82, 2.24) is 5.32 Å². The normalized spacial score (nSPS) is 11.7. The predicted molar refractivity (Wildman–Crippen MR) is 112 cm³/mol. The van der Waals surface area contributed by atoms with Gasteiger partial charge in [-0.3, -0.25) is 4.79 Å². The Labute approximate surface area is 158 Å². The molecule has 0 aromatic carbocycles. The van der Waals surface area contributed by atoms with Crippen LogP contribution in [0.1, 0.15) is 137 Å². The zero-order valence-electron chi connectivity index (χ0n) is 17.9. The van der Waals surface area contributed by atoms with Crippen molar-refractivity contribution in [3.63, 3.8) is 0 Å². The van der Waals surface area contributed by atoms with E-state index in [9.17, 15) is 4.79 Å². The zero-order valence-corrected chi connectivity index (χ0v) is 17.9. The Morgan fingerprint density at radius 1 is 0.640 bits per heavy atom. The molecule has 0 aliphatic heterocycles. The van der Waals surface area contributed by atoms with E-state index in [1.165, 1.54) is 89.9 Å². The minimum atomic E-state index is -0.0490. The van der Waals surface area contributed by atoms with E-state index in [1.807, 2.05) is 0 Å². The molecule has 0 saturated heterocycles. The highest BCUT2D eigenvalue weighted by atomic mass is 16.1. The average molecular weight is 354 g/mol. The van der Waals surface area contributed by atoms with Crippen LogP contribution in [0.15, 0.2) is 0 Å². The van der Waals surface area contributed by atoms with Gasteiger partial charge in [0.2, 0.25) is 5.91 Å². The van der Waals surface area contributed by atoms with Gasteiger partial charge in [-0.2, -0.15) is 0 Å². The van der Waals surface area contributed by atoms with Gasteiger partial charge in [-0.05, 0) is 26.7 Å². The lowest BCUT2D eigenvalue weighted by molar-refractivity contribution is -0.122. The molecule has 2 nitrogen and oxygen atoms in total. The summed E-state index contributed by atoms with van der Waals surface area (Å²) in [5.74, 6) is 0.224. The second kappa shape index (κ2) is 16.9. The summed E-state index contributed by atoms with van der Waals surface area (Å²) in [6, 6.07) is 0. The molecule has 0 aromatic heterocycles. The molecule has 1 amide bonds. The molecule has 0 radical (unpaired) electrons. The van der Waals surface area contributed by atoms with Gasteiger partial charge in [0.25, 0.3) is 0 Å². The summed E-state index contributed by atoms with van der Waals surface area (Å²) in [4.78, 5) is 11.8. The zero-order chi connectivity index (χ0) is 18.8. The van der Waals surface area contributed by atoms with Gasteiger partial charge >= 0.3 is 0 Å². The summed E-state index contributed by atoms with van der Waals surface area (Å²) >= 11 is 0. The summed E-state index contributed by atoms with van der Waals surface area (Å²) in [5, 5.41) is 3.12. The minimum absolute atomic E-state index is 0.0490. The topological polar surface area (TPSA) is 29.1 Å². The highest BCUT2D eigenvalue weighted by molar-refractivity contribution is 5.76. The lowest BCUT2D eigenvalue weighted by Crippen LogP contribution is -2.42. The van der Waals surface area contributed by atoms with Crippen molar-refractivity contribution >= 4 is 5.91 Å². The fraction of sp³-hybridized carbons (Fsp3) is 0.957. The fourth-order valence-corrected chi connectivity index (χ4v) is 3.19. The number of amides is 1. The van der Waals surface area contributed by atoms with E-state index in [0.29, 0.717) is 6.42 Å². The lowest BCUT2D eigenvalue weighted by atomic mass is 10.0. The van der Waals surface area contributed by atoms with Crippen molar-refractivity contribution in [2.75, 3.05) is 0 Å². The molecule has 0 aliphatic carbocycles. The molecule has 25 heavy (non-hydrogen) atoms. The smallest absolute Gasteiger partial charge is 0.220 e. The van der Waals surface area contributed by atoms with Crippen LogP contribution in [0, 0.1) is 0 Å². The molecular weight excluding hydrogens is 306 g/mol. The van der Waals surface area contributed by atoms with Gasteiger partial charge < -0.3 is 5.32 Å². The molecular formula is C23H47NO. The quantitative estimate of drug-likeness (QED) is 0.253. The van der Waals surface area contributed by atoms with Gasteiger partial charge in [-0.15, -0.1) is 0 Å². The van der Waals surface area contributed by atoms with Crippen molar-refractivity contribution in [1.29, 1.82) is 0 Å². The molecule has 0 aliphatic rings. The van der Waals surface area contributed by atoms with E-state index < -0.39 is 0 Å². The highest BCUT2D eigenvalue weighted by Gasteiger charge is 2.16. The van der Waals surface area contributed by atoms with Crippen LogP contribution < -0.4 is 5.32 Å². The molecule has 150 valence electrons.